The van der Waals surface area contributed by atoms with E-state index in [9.17, 15) is 15.0 Å². The number of aromatic nitrogens is 1. The van der Waals surface area contributed by atoms with Crippen LogP contribution >= 0.6 is 0 Å². The van der Waals surface area contributed by atoms with E-state index in [1.54, 1.807) is 18.3 Å². The predicted octanol–water partition coefficient (Wildman–Crippen LogP) is 2.91. The number of hydrogen-bond acceptors (Lipinski definition) is 5. The van der Waals surface area contributed by atoms with Gasteiger partial charge in [-0.25, -0.2) is 4.79 Å². The number of phenolic OH excluding ortho intramolecular Hbond substituents is 1. The molecule has 0 aliphatic carbocycles. The quantitative estimate of drug-likeness (QED) is 0.635. The van der Waals surface area contributed by atoms with E-state index in [1.807, 2.05) is 13.8 Å². The van der Waals surface area contributed by atoms with Gasteiger partial charge in [0.1, 0.15) is 5.75 Å². The summed E-state index contributed by atoms with van der Waals surface area (Å²) in [6, 6.07) is 6.23. The molecular formula is C19H27N3O4. The number of fused-ring (bicyclic) bond motifs is 1. The minimum absolute atomic E-state index is 0.0978. The molecule has 1 aromatic heterocycles. The molecule has 0 fully saturated rings. The molecular weight excluding hydrogens is 334 g/mol. The highest BCUT2D eigenvalue weighted by Gasteiger charge is 2.23. The highest BCUT2D eigenvalue weighted by atomic mass is 16.4. The van der Waals surface area contributed by atoms with Crippen LogP contribution in [0.15, 0.2) is 30.5 Å². The van der Waals surface area contributed by atoms with E-state index in [-0.39, 0.29) is 18.4 Å². The van der Waals surface area contributed by atoms with Crippen LogP contribution in [0.1, 0.15) is 26.7 Å². The first kappa shape index (κ1) is 19.9. The molecule has 1 aromatic carbocycles. The summed E-state index contributed by atoms with van der Waals surface area (Å²) in [5, 5.41) is 29.1. The highest BCUT2D eigenvalue weighted by molar-refractivity contribution is 6.00. The Labute approximate surface area is 153 Å². The largest absolute Gasteiger partial charge is 0.508 e. The molecule has 1 unspecified atom stereocenters. The number of likely N-dealkylation sites (N-methyl/N-ethyl adjacent to an activating group) is 1. The molecule has 1 amide bonds. The number of aliphatic hydroxyl groups is 1. The fourth-order valence-electron chi connectivity index (χ4n) is 3.17. The Hall–Kier alpha value is -2.38. The molecule has 0 saturated carbocycles. The second kappa shape index (κ2) is 9.35. The number of hydrogen-bond donors (Lipinski definition) is 3. The summed E-state index contributed by atoms with van der Waals surface area (Å²) in [5.41, 5.74) is 1.12. The van der Waals surface area contributed by atoms with Crippen molar-refractivity contribution in [2.24, 2.45) is 0 Å². The fraction of sp³-hybridized carbons (Fsp3) is 0.474. The number of aromatic hydroxyl groups is 1. The average molecular weight is 361 g/mol. The van der Waals surface area contributed by atoms with Gasteiger partial charge < -0.3 is 20.2 Å². The Morgan fingerprint density at radius 1 is 1.27 bits per heavy atom. The van der Waals surface area contributed by atoms with Crippen molar-refractivity contribution in [3.05, 3.63) is 30.5 Å². The number of rotatable bonds is 9. The van der Waals surface area contributed by atoms with E-state index in [4.69, 9.17) is 5.11 Å². The zero-order valence-corrected chi connectivity index (χ0v) is 15.3. The molecule has 0 bridgehead atoms. The maximum absolute atomic E-state index is 11.9. The van der Waals surface area contributed by atoms with Crippen molar-refractivity contribution in [3.63, 3.8) is 0 Å². The molecule has 3 N–H and O–H groups in total. The van der Waals surface area contributed by atoms with Crippen LogP contribution in [-0.4, -0.2) is 63.6 Å². The lowest BCUT2D eigenvalue weighted by Crippen LogP contribution is -2.38. The van der Waals surface area contributed by atoms with Gasteiger partial charge in [-0.3, -0.25) is 9.88 Å². The molecule has 26 heavy (non-hydrogen) atoms. The average Bonchev–Trinajstić information content (AvgIpc) is 2.60. The van der Waals surface area contributed by atoms with Crippen LogP contribution in [0.4, 0.5) is 10.5 Å². The summed E-state index contributed by atoms with van der Waals surface area (Å²) in [7, 11) is 0. The zero-order valence-electron chi connectivity index (χ0n) is 15.3. The van der Waals surface area contributed by atoms with Gasteiger partial charge in [-0.15, -0.1) is 0 Å². The third-order valence-corrected chi connectivity index (χ3v) is 4.57. The zero-order chi connectivity index (χ0) is 19.1. The van der Waals surface area contributed by atoms with E-state index in [0.717, 1.165) is 19.5 Å². The number of carboxylic acid groups (broad SMARTS) is 1. The smallest absolute Gasteiger partial charge is 0.412 e. The van der Waals surface area contributed by atoms with Gasteiger partial charge in [0.05, 0.1) is 17.8 Å². The number of amides is 1. The second-order valence-electron chi connectivity index (χ2n) is 6.33. The van der Waals surface area contributed by atoms with E-state index in [0.29, 0.717) is 29.6 Å². The molecule has 2 rings (SSSR count). The third kappa shape index (κ3) is 4.83. The van der Waals surface area contributed by atoms with Crippen molar-refractivity contribution < 1.29 is 20.1 Å². The molecule has 0 saturated heterocycles. The Morgan fingerprint density at radius 3 is 2.69 bits per heavy atom. The first-order valence-electron chi connectivity index (χ1n) is 8.91. The molecule has 0 aliphatic rings. The first-order chi connectivity index (χ1) is 12.5. The second-order valence-corrected chi connectivity index (χ2v) is 6.33. The predicted molar refractivity (Wildman–Crippen MR) is 102 cm³/mol. The maximum atomic E-state index is 11.9. The molecule has 2 aromatic rings. The Morgan fingerprint density at radius 2 is 2.04 bits per heavy atom. The molecule has 1 heterocycles. The number of benzene rings is 1. The minimum Gasteiger partial charge on any atom is -0.508 e. The van der Waals surface area contributed by atoms with E-state index >= 15 is 0 Å². The Balaban J connectivity index is 2.17. The van der Waals surface area contributed by atoms with Gasteiger partial charge in [-0.1, -0.05) is 6.92 Å². The maximum Gasteiger partial charge on any atom is 0.412 e. The number of carbonyl (C=O) groups is 1. The van der Waals surface area contributed by atoms with E-state index < -0.39 is 6.09 Å². The normalized spacial score (nSPS) is 12.5. The van der Waals surface area contributed by atoms with Crippen LogP contribution in [0, 0.1) is 0 Å². The number of aliphatic hydroxyl groups excluding tert-OH is 1. The third-order valence-electron chi connectivity index (χ3n) is 4.57. The van der Waals surface area contributed by atoms with Crippen molar-refractivity contribution in [1.29, 1.82) is 0 Å². The Kier molecular flexibility index (Phi) is 7.17. The summed E-state index contributed by atoms with van der Waals surface area (Å²) in [5.74, 6) is 0.0978. The van der Waals surface area contributed by atoms with Crippen molar-refractivity contribution >= 4 is 22.7 Å². The monoisotopic (exact) mass is 361 g/mol. The first-order valence-corrected chi connectivity index (χ1v) is 8.91. The number of phenols is 1. The van der Waals surface area contributed by atoms with Crippen LogP contribution in [0.3, 0.4) is 0 Å². The lowest BCUT2D eigenvalue weighted by Gasteiger charge is -2.28. The molecule has 7 heteroatoms. The molecule has 1 atom stereocenters. The van der Waals surface area contributed by atoms with Crippen molar-refractivity contribution in [2.75, 3.05) is 31.1 Å². The molecule has 7 nitrogen and oxygen atoms in total. The van der Waals surface area contributed by atoms with Gasteiger partial charge in [0.15, 0.2) is 0 Å². The minimum atomic E-state index is -1.01. The van der Waals surface area contributed by atoms with Crippen molar-refractivity contribution in [2.45, 2.75) is 32.7 Å². The summed E-state index contributed by atoms with van der Waals surface area (Å²) in [4.78, 5) is 19.6. The molecule has 0 radical (unpaired) electrons. The number of nitrogens with zero attached hydrogens (tertiary/aromatic N) is 3. The summed E-state index contributed by atoms with van der Waals surface area (Å²) in [6.07, 6.45) is 2.08. The van der Waals surface area contributed by atoms with Crippen LogP contribution in [-0.2, 0) is 0 Å². The van der Waals surface area contributed by atoms with Crippen molar-refractivity contribution in [1.82, 2.24) is 9.88 Å². The van der Waals surface area contributed by atoms with Gasteiger partial charge in [0.2, 0.25) is 0 Å². The highest BCUT2D eigenvalue weighted by Crippen LogP contribution is 2.30. The van der Waals surface area contributed by atoms with Gasteiger partial charge >= 0.3 is 6.09 Å². The topological polar surface area (TPSA) is 97.1 Å². The lowest BCUT2D eigenvalue weighted by molar-refractivity contribution is 0.194. The number of pyridine rings is 1. The van der Waals surface area contributed by atoms with E-state index in [1.165, 1.54) is 17.0 Å². The lowest BCUT2D eigenvalue weighted by atomic mass is 10.1. The summed E-state index contributed by atoms with van der Waals surface area (Å²) < 4.78 is 0. The fourth-order valence-corrected chi connectivity index (χ4v) is 3.17. The van der Waals surface area contributed by atoms with Crippen LogP contribution in [0.2, 0.25) is 0 Å². The molecule has 0 spiro atoms. The Bertz CT molecular complexity index is 738. The van der Waals surface area contributed by atoms with Crippen LogP contribution < -0.4 is 4.90 Å². The molecule has 0 aliphatic heterocycles. The standard InChI is InChI=1S/C19H27N3O4/c1-3-21(11-12-23)10-4-5-14(2)22(19(25)26)18-8-9-20-17-13-15(24)6-7-16(17)18/h6-9,13-14,23-24H,3-5,10-12H2,1-2H3,(H,25,26). The number of anilines is 1. The van der Waals surface area contributed by atoms with Gasteiger partial charge in [-0.05, 0) is 51.1 Å². The van der Waals surface area contributed by atoms with Crippen LogP contribution in [0.5, 0.6) is 5.75 Å². The summed E-state index contributed by atoms with van der Waals surface area (Å²) in [6.45, 7) is 6.37. The van der Waals surface area contributed by atoms with Crippen LogP contribution in [0.25, 0.3) is 10.9 Å². The van der Waals surface area contributed by atoms with Gasteiger partial charge in [-0.2, -0.15) is 0 Å². The van der Waals surface area contributed by atoms with Gasteiger partial charge in [0.25, 0.3) is 0 Å². The van der Waals surface area contributed by atoms with Crippen molar-refractivity contribution in [3.8, 4) is 5.75 Å². The molecule has 142 valence electrons. The summed E-state index contributed by atoms with van der Waals surface area (Å²) >= 11 is 0. The SMILES string of the molecule is CCN(CCO)CCCC(C)N(C(=O)O)c1ccnc2cc(O)ccc12. The van der Waals surface area contributed by atoms with Gasteiger partial charge in [0, 0.05) is 30.2 Å². The van der Waals surface area contributed by atoms with E-state index in [2.05, 4.69) is 9.88 Å².